The maximum absolute atomic E-state index is 12.9. The number of methoxy groups -OCH3 is 1. The molecular formula is C19H30ClN3O3S. The Morgan fingerprint density at radius 2 is 1.89 bits per heavy atom. The van der Waals surface area contributed by atoms with Gasteiger partial charge in [0.05, 0.1) is 7.11 Å². The van der Waals surface area contributed by atoms with E-state index in [9.17, 15) is 8.42 Å². The second kappa shape index (κ2) is 8.25. The molecule has 1 aromatic carbocycles. The predicted octanol–water partition coefficient (Wildman–Crippen LogP) is 2.45. The summed E-state index contributed by atoms with van der Waals surface area (Å²) in [6, 6.07) is 6.70. The number of ether oxygens (including phenoxy) is 1. The summed E-state index contributed by atoms with van der Waals surface area (Å²) < 4.78 is 34.6. The monoisotopic (exact) mass is 415 g/mol. The Kier molecular flexibility index (Phi) is 6.37. The number of nitrogens with zero attached hydrogens (tertiary/aromatic N) is 3. The van der Waals surface area contributed by atoms with Gasteiger partial charge in [-0.2, -0.15) is 17.0 Å². The van der Waals surface area contributed by atoms with E-state index in [2.05, 4.69) is 17.0 Å². The number of rotatable bonds is 4. The number of hydrogen-bond donors (Lipinski definition) is 0. The fourth-order valence-corrected chi connectivity index (χ4v) is 6.37. The second-order valence-corrected chi connectivity index (χ2v) is 9.66. The molecule has 2 saturated heterocycles. The Balaban J connectivity index is 0.00000210. The van der Waals surface area contributed by atoms with Crippen molar-refractivity contribution in [2.75, 3.05) is 40.3 Å². The summed E-state index contributed by atoms with van der Waals surface area (Å²) in [5.41, 5.74) is 2.69. The molecule has 8 heteroatoms. The van der Waals surface area contributed by atoms with Crippen LogP contribution >= 0.6 is 12.4 Å². The first-order chi connectivity index (χ1) is 12.5. The molecule has 152 valence electrons. The molecule has 6 nitrogen and oxygen atoms in total. The lowest BCUT2D eigenvalue weighted by molar-refractivity contribution is 0.0951. The van der Waals surface area contributed by atoms with Gasteiger partial charge in [-0.1, -0.05) is 6.07 Å². The van der Waals surface area contributed by atoms with E-state index in [0.29, 0.717) is 19.1 Å². The highest BCUT2D eigenvalue weighted by atomic mass is 35.5. The Morgan fingerprint density at radius 1 is 1.15 bits per heavy atom. The molecule has 0 spiro atoms. The normalized spacial score (nSPS) is 26.3. The van der Waals surface area contributed by atoms with Crippen molar-refractivity contribution in [2.45, 2.75) is 44.2 Å². The van der Waals surface area contributed by atoms with Crippen molar-refractivity contribution in [3.63, 3.8) is 0 Å². The van der Waals surface area contributed by atoms with E-state index in [1.54, 1.807) is 22.8 Å². The largest absolute Gasteiger partial charge is 0.497 e. The first-order valence-corrected chi connectivity index (χ1v) is 11.0. The average Bonchev–Trinajstić information content (AvgIpc) is 3.22. The maximum Gasteiger partial charge on any atom is 0.281 e. The minimum absolute atomic E-state index is 0. The molecule has 3 aliphatic rings. The van der Waals surface area contributed by atoms with E-state index >= 15 is 0 Å². The molecule has 3 aliphatic heterocycles. The minimum atomic E-state index is -3.34. The van der Waals surface area contributed by atoms with Crippen molar-refractivity contribution in [1.82, 2.24) is 13.5 Å². The third kappa shape index (κ3) is 3.85. The molecular weight excluding hydrogens is 386 g/mol. The first-order valence-electron chi connectivity index (χ1n) is 9.64. The lowest BCUT2D eigenvalue weighted by Gasteiger charge is -2.45. The first kappa shape index (κ1) is 20.9. The van der Waals surface area contributed by atoms with Crippen LogP contribution in [-0.4, -0.2) is 68.3 Å². The number of hydrogen-bond acceptors (Lipinski definition) is 4. The van der Waals surface area contributed by atoms with Crippen molar-refractivity contribution in [1.29, 1.82) is 0 Å². The van der Waals surface area contributed by atoms with Gasteiger partial charge in [-0.05, 0) is 55.4 Å². The van der Waals surface area contributed by atoms with Gasteiger partial charge < -0.3 is 4.74 Å². The molecule has 4 rings (SSSR count). The van der Waals surface area contributed by atoms with Crippen molar-refractivity contribution in [2.24, 2.45) is 0 Å². The van der Waals surface area contributed by atoms with E-state index in [1.807, 2.05) is 6.07 Å². The molecule has 1 aromatic rings. The summed E-state index contributed by atoms with van der Waals surface area (Å²) in [4.78, 5) is 2.52. The van der Waals surface area contributed by atoms with Gasteiger partial charge in [0.1, 0.15) is 5.75 Å². The van der Waals surface area contributed by atoms with Gasteiger partial charge in [0.2, 0.25) is 0 Å². The highest BCUT2D eigenvalue weighted by molar-refractivity contribution is 7.86. The van der Waals surface area contributed by atoms with Crippen molar-refractivity contribution < 1.29 is 13.2 Å². The Hall–Kier alpha value is -0.860. The van der Waals surface area contributed by atoms with Crippen LogP contribution in [0.1, 0.15) is 42.9 Å². The van der Waals surface area contributed by atoms with E-state index in [1.165, 1.54) is 11.1 Å². The van der Waals surface area contributed by atoms with Crippen molar-refractivity contribution in [3.8, 4) is 5.75 Å². The Labute approximate surface area is 169 Å². The summed E-state index contributed by atoms with van der Waals surface area (Å²) in [6.45, 7) is 3.33. The fraction of sp³-hybridized carbons (Fsp3) is 0.684. The predicted molar refractivity (Wildman–Crippen MR) is 109 cm³/mol. The highest BCUT2D eigenvalue weighted by Gasteiger charge is 2.40. The number of fused-ring (bicyclic) bond motifs is 3. The SMILES string of the molecule is COc1ccc2c(c1)CCN1CCC(N(C)S(=O)(=O)N3CCCC3)CC21.Cl. The zero-order valence-electron chi connectivity index (χ0n) is 16.1. The van der Waals surface area contributed by atoms with Crippen LogP contribution in [0.25, 0.3) is 0 Å². The fourth-order valence-electron chi connectivity index (χ4n) is 4.72. The van der Waals surface area contributed by atoms with Crippen LogP contribution in [0.15, 0.2) is 18.2 Å². The van der Waals surface area contributed by atoms with Gasteiger partial charge in [0.25, 0.3) is 10.2 Å². The van der Waals surface area contributed by atoms with Gasteiger partial charge in [-0.25, -0.2) is 0 Å². The van der Waals surface area contributed by atoms with E-state index in [-0.39, 0.29) is 18.4 Å². The third-order valence-corrected chi connectivity index (χ3v) is 8.38. The van der Waals surface area contributed by atoms with Gasteiger partial charge in [-0.15, -0.1) is 12.4 Å². The molecule has 0 bridgehead atoms. The number of benzene rings is 1. The van der Waals surface area contributed by atoms with Crippen LogP contribution in [0.4, 0.5) is 0 Å². The van der Waals surface area contributed by atoms with E-state index in [0.717, 1.165) is 50.9 Å². The van der Waals surface area contributed by atoms with Crippen LogP contribution in [0, 0.1) is 0 Å². The highest BCUT2D eigenvalue weighted by Crippen LogP contribution is 2.39. The van der Waals surface area contributed by atoms with Gasteiger partial charge in [0.15, 0.2) is 0 Å². The number of piperidine rings is 1. The van der Waals surface area contributed by atoms with Crippen LogP contribution in [0.3, 0.4) is 0 Å². The van der Waals surface area contributed by atoms with Crippen molar-refractivity contribution >= 4 is 22.6 Å². The van der Waals surface area contributed by atoms with E-state index in [4.69, 9.17) is 4.74 Å². The average molecular weight is 416 g/mol. The maximum atomic E-state index is 12.9. The summed E-state index contributed by atoms with van der Waals surface area (Å²) in [5, 5.41) is 0. The van der Waals surface area contributed by atoms with Crippen LogP contribution < -0.4 is 4.74 Å². The molecule has 0 amide bonds. The Morgan fingerprint density at radius 3 is 2.59 bits per heavy atom. The third-order valence-electron chi connectivity index (χ3n) is 6.33. The molecule has 2 fully saturated rings. The van der Waals surface area contributed by atoms with Crippen LogP contribution in [0.5, 0.6) is 5.75 Å². The number of halogens is 1. The molecule has 0 aromatic heterocycles. The molecule has 0 radical (unpaired) electrons. The lowest BCUT2D eigenvalue weighted by Crippen LogP contribution is -2.51. The van der Waals surface area contributed by atoms with Gasteiger partial charge in [0, 0.05) is 45.3 Å². The summed E-state index contributed by atoms with van der Waals surface area (Å²) >= 11 is 0. The quantitative estimate of drug-likeness (QED) is 0.758. The molecule has 2 atom stereocenters. The molecule has 3 heterocycles. The van der Waals surface area contributed by atoms with E-state index < -0.39 is 10.2 Å². The zero-order valence-corrected chi connectivity index (χ0v) is 17.8. The topological polar surface area (TPSA) is 53.1 Å². The van der Waals surface area contributed by atoms with Crippen LogP contribution in [-0.2, 0) is 16.6 Å². The smallest absolute Gasteiger partial charge is 0.281 e. The molecule has 0 N–H and O–H groups in total. The molecule has 2 unspecified atom stereocenters. The zero-order chi connectivity index (χ0) is 18.3. The Bertz CT molecular complexity index is 767. The molecule has 0 aliphatic carbocycles. The standard InChI is InChI=1S/C19H29N3O3S.ClH/c1-20(26(23,24)22-9-3-4-10-22)16-8-12-21-11-7-15-13-17(25-2)5-6-18(15)19(21)14-16;/h5-6,13,16,19H,3-4,7-12,14H2,1-2H3;1H. The van der Waals surface area contributed by atoms with Gasteiger partial charge >= 0.3 is 0 Å². The minimum Gasteiger partial charge on any atom is -0.497 e. The lowest BCUT2D eigenvalue weighted by atomic mass is 9.85. The molecule has 0 saturated carbocycles. The van der Waals surface area contributed by atoms with Gasteiger partial charge in [-0.3, -0.25) is 4.90 Å². The summed E-state index contributed by atoms with van der Waals surface area (Å²) in [6.07, 6.45) is 4.76. The summed E-state index contributed by atoms with van der Waals surface area (Å²) in [7, 11) is 0.134. The summed E-state index contributed by atoms with van der Waals surface area (Å²) in [5.74, 6) is 0.901. The van der Waals surface area contributed by atoms with Crippen LogP contribution in [0.2, 0.25) is 0 Å². The second-order valence-electron chi connectivity index (χ2n) is 7.67. The van der Waals surface area contributed by atoms with Crippen molar-refractivity contribution in [3.05, 3.63) is 29.3 Å². The molecule has 27 heavy (non-hydrogen) atoms.